The highest BCUT2D eigenvalue weighted by Crippen LogP contribution is 2.26. The Bertz CT molecular complexity index is 787. The number of amides is 1. The zero-order valence-electron chi connectivity index (χ0n) is 14.2. The van der Waals surface area contributed by atoms with Gasteiger partial charge in [0.2, 0.25) is 0 Å². The molecule has 0 aliphatic rings. The number of benzene rings is 2. The molecule has 1 amide bonds. The van der Waals surface area contributed by atoms with Gasteiger partial charge in [-0.1, -0.05) is 6.07 Å². The molecule has 2 aromatic carbocycles. The Morgan fingerprint density at radius 3 is 2.44 bits per heavy atom. The van der Waals surface area contributed by atoms with Gasteiger partial charge < -0.3 is 24.6 Å². The molecule has 0 aromatic heterocycles. The number of ether oxygens (including phenoxy) is 3. The van der Waals surface area contributed by atoms with E-state index >= 15 is 0 Å². The van der Waals surface area contributed by atoms with E-state index in [1.807, 2.05) is 13.0 Å². The van der Waals surface area contributed by atoms with Gasteiger partial charge in [-0.2, -0.15) is 0 Å². The summed E-state index contributed by atoms with van der Waals surface area (Å²) in [7, 11) is 2.96. The van der Waals surface area contributed by atoms with Gasteiger partial charge in [-0.05, 0) is 36.8 Å². The maximum absolute atomic E-state index is 12.1. The van der Waals surface area contributed by atoms with Gasteiger partial charge in [-0.3, -0.25) is 4.79 Å². The van der Waals surface area contributed by atoms with Crippen molar-refractivity contribution in [3.05, 3.63) is 47.5 Å². The zero-order chi connectivity index (χ0) is 18.4. The van der Waals surface area contributed by atoms with Crippen molar-refractivity contribution < 1.29 is 28.9 Å². The second-order valence-electron chi connectivity index (χ2n) is 5.21. The first kappa shape index (κ1) is 18.1. The number of nitrogens with one attached hydrogen (secondary N) is 1. The second-order valence-corrected chi connectivity index (χ2v) is 5.21. The minimum absolute atomic E-state index is 0.0539. The number of aryl methyl sites for hydroxylation is 1. The summed E-state index contributed by atoms with van der Waals surface area (Å²) in [6, 6.07) is 9.66. The normalized spacial score (nSPS) is 10.0. The van der Waals surface area contributed by atoms with Crippen molar-refractivity contribution in [2.24, 2.45) is 0 Å². The van der Waals surface area contributed by atoms with Crippen LogP contribution in [0.25, 0.3) is 0 Å². The van der Waals surface area contributed by atoms with Gasteiger partial charge in [-0.25, -0.2) is 4.79 Å². The maximum Gasteiger partial charge on any atom is 0.339 e. The molecule has 7 nitrogen and oxygen atoms in total. The summed E-state index contributed by atoms with van der Waals surface area (Å²) in [6.07, 6.45) is 0. The number of anilines is 1. The van der Waals surface area contributed by atoms with Gasteiger partial charge >= 0.3 is 5.97 Å². The highest BCUT2D eigenvalue weighted by atomic mass is 16.5. The summed E-state index contributed by atoms with van der Waals surface area (Å²) in [5, 5.41) is 11.9. The van der Waals surface area contributed by atoms with Crippen molar-refractivity contribution in [1.29, 1.82) is 0 Å². The minimum Gasteiger partial charge on any atom is -0.497 e. The number of methoxy groups -OCH3 is 2. The number of carboxylic acids is 1. The molecule has 0 bridgehead atoms. The molecule has 7 heteroatoms. The first-order valence-electron chi connectivity index (χ1n) is 7.43. The third-order valence-electron chi connectivity index (χ3n) is 3.41. The zero-order valence-corrected chi connectivity index (χ0v) is 14.2. The Kier molecular flexibility index (Phi) is 5.84. The standard InChI is InChI=1S/C18H19NO6/c1-11-4-7-15(24-3)14(8-11)19-17(20)10-25-16-9-12(23-2)5-6-13(16)18(21)22/h4-9H,10H2,1-3H3,(H,19,20)(H,21,22). The van der Waals surface area contributed by atoms with Crippen LogP contribution in [0.15, 0.2) is 36.4 Å². The molecule has 0 heterocycles. The monoisotopic (exact) mass is 345 g/mol. The lowest BCUT2D eigenvalue weighted by molar-refractivity contribution is -0.118. The third kappa shape index (κ3) is 4.63. The van der Waals surface area contributed by atoms with Gasteiger partial charge in [0.15, 0.2) is 6.61 Å². The average Bonchev–Trinajstić information content (AvgIpc) is 2.59. The first-order chi connectivity index (χ1) is 11.9. The Morgan fingerprint density at radius 1 is 1.04 bits per heavy atom. The molecule has 2 aromatic rings. The molecule has 0 aliphatic heterocycles. The molecule has 0 saturated carbocycles. The van der Waals surface area contributed by atoms with E-state index in [2.05, 4.69) is 5.32 Å². The molecule has 0 saturated heterocycles. The lowest BCUT2D eigenvalue weighted by Crippen LogP contribution is -2.21. The highest BCUT2D eigenvalue weighted by Gasteiger charge is 2.15. The molecule has 2 rings (SSSR count). The van der Waals surface area contributed by atoms with Crippen LogP contribution in [0, 0.1) is 6.92 Å². The average molecular weight is 345 g/mol. The Labute approximate surface area is 145 Å². The molecule has 0 atom stereocenters. The first-order valence-corrected chi connectivity index (χ1v) is 7.43. The van der Waals surface area contributed by atoms with Gasteiger partial charge in [-0.15, -0.1) is 0 Å². The number of carbonyl (C=O) groups is 2. The maximum atomic E-state index is 12.1. The van der Waals surface area contributed by atoms with Crippen LogP contribution in [0.2, 0.25) is 0 Å². The molecule has 2 N–H and O–H groups in total. The van der Waals surface area contributed by atoms with Crippen LogP contribution >= 0.6 is 0 Å². The van der Waals surface area contributed by atoms with Crippen molar-refractivity contribution in [2.75, 3.05) is 26.1 Å². The summed E-state index contributed by atoms with van der Waals surface area (Å²) in [5.41, 5.74) is 1.42. The van der Waals surface area contributed by atoms with Crippen LogP contribution < -0.4 is 19.5 Å². The molecule has 0 unspecified atom stereocenters. The molecule has 0 radical (unpaired) electrons. The number of carboxylic acid groups (broad SMARTS) is 1. The van der Waals surface area contributed by atoms with Crippen molar-refractivity contribution in [1.82, 2.24) is 0 Å². The fourth-order valence-electron chi connectivity index (χ4n) is 2.17. The molecule has 25 heavy (non-hydrogen) atoms. The summed E-state index contributed by atoms with van der Waals surface area (Å²) in [6.45, 7) is 1.53. The fraction of sp³-hybridized carbons (Fsp3) is 0.222. The smallest absolute Gasteiger partial charge is 0.339 e. The van der Waals surface area contributed by atoms with E-state index in [-0.39, 0.29) is 17.9 Å². The number of aromatic carboxylic acids is 1. The van der Waals surface area contributed by atoms with E-state index in [4.69, 9.17) is 14.2 Å². The fourth-order valence-corrected chi connectivity index (χ4v) is 2.17. The molecule has 0 spiro atoms. The predicted octanol–water partition coefficient (Wildman–Crippen LogP) is 2.73. The van der Waals surface area contributed by atoms with Crippen LogP contribution in [0.3, 0.4) is 0 Å². The lowest BCUT2D eigenvalue weighted by atomic mass is 10.2. The number of carbonyl (C=O) groups excluding carboxylic acids is 1. The van der Waals surface area contributed by atoms with Crippen LogP contribution in [-0.2, 0) is 4.79 Å². The number of rotatable bonds is 7. The van der Waals surface area contributed by atoms with Crippen molar-refractivity contribution >= 4 is 17.6 Å². The molecule has 0 fully saturated rings. The highest BCUT2D eigenvalue weighted by molar-refractivity contribution is 5.94. The van der Waals surface area contributed by atoms with Crippen molar-refractivity contribution in [3.8, 4) is 17.2 Å². The largest absolute Gasteiger partial charge is 0.497 e. The summed E-state index contributed by atoms with van der Waals surface area (Å²) in [4.78, 5) is 23.4. The lowest BCUT2D eigenvalue weighted by Gasteiger charge is -2.13. The summed E-state index contributed by atoms with van der Waals surface area (Å²) in [5.74, 6) is -0.591. The van der Waals surface area contributed by atoms with Crippen molar-refractivity contribution in [2.45, 2.75) is 6.92 Å². The van der Waals surface area contributed by atoms with Crippen LogP contribution in [0.1, 0.15) is 15.9 Å². The van der Waals surface area contributed by atoms with Crippen LogP contribution in [-0.4, -0.2) is 37.8 Å². The molecular weight excluding hydrogens is 326 g/mol. The van der Waals surface area contributed by atoms with Gasteiger partial charge in [0.1, 0.15) is 22.8 Å². The van der Waals surface area contributed by atoms with E-state index in [0.29, 0.717) is 17.2 Å². The van der Waals surface area contributed by atoms with E-state index in [9.17, 15) is 14.7 Å². The summed E-state index contributed by atoms with van der Waals surface area (Å²) < 4.78 is 15.6. The predicted molar refractivity (Wildman–Crippen MR) is 91.8 cm³/mol. The molecule has 132 valence electrons. The topological polar surface area (TPSA) is 94.1 Å². The van der Waals surface area contributed by atoms with Crippen LogP contribution in [0.4, 0.5) is 5.69 Å². The van der Waals surface area contributed by atoms with E-state index in [0.717, 1.165) is 5.56 Å². The number of hydrogen-bond donors (Lipinski definition) is 2. The van der Waals surface area contributed by atoms with Gasteiger partial charge in [0.05, 0.1) is 19.9 Å². The molecule has 0 aliphatic carbocycles. The summed E-state index contributed by atoms with van der Waals surface area (Å²) >= 11 is 0. The third-order valence-corrected chi connectivity index (χ3v) is 3.41. The quantitative estimate of drug-likeness (QED) is 0.801. The van der Waals surface area contributed by atoms with Gasteiger partial charge in [0.25, 0.3) is 5.91 Å². The second kappa shape index (κ2) is 8.05. The minimum atomic E-state index is -1.15. The SMILES string of the molecule is COc1ccc(C(=O)O)c(OCC(=O)Nc2cc(C)ccc2OC)c1. The van der Waals surface area contributed by atoms with Gasteiger partial charge in [0, 0.05) is 6.07 Å². The van der Waals surface area contributed by atoms with E-state index in [1.165, 1.54) is 32.4 Å². The van der Waals surface area contributed by atoms with E-state index in [1.54, 1.807) is 12.1 Å². The van der Waals surface area contributed by atoms with E-state index < -0.39 is 11.9 Å². The Balaban J connectivity index is 2.10. The van der Waals surface area contributed by atoms with Crippen molar-refractivity contribution in [3.63, 3.8) is 0 Å². The van der Waals surface area contributed by atoms with Crippen LogP contribution in [0.5, 0.6) is 17.2 Å². The Hall–Kier alpha value is -3.22. The Morgan fingerprint density at radius 2 is 1.80 bits per heavy atom. The number of hydrogen-bond acceptors (Lipinski definition) is 5. The molecular formula is C18H19NO6.